The van der Waals surface area contributed by atoms with Crippen LogP contribution in [-0.4, -0.2) is 25.2 Å². The van der Waals surface area contributed by atoms with Gasteiger partial charge in [0.05, 0.1) is 24.3 Å². The van der Waals surface area contributed by atoms with Crippen molar-refractivity contribution in [2.75, 3.05) is 13.2 Å². The Hall–Kier alpha value is -1.84. The standard InChI is InChI=1S/C22H34O4/c1-4-16-25-21(23)19-14-10-11-15-20(19)22(24)26-17-12-8-6-5-7-9-13-18(2)3/h10-11,14-15,18H,4-9,12-13,16-17H2,1-3H3. The van der Waals surface area contributed by atoms with Crippen LogP contribution in [0.5, 0.6) is 0 Å². The maximum absolute atomic E-state index is 12.3. The topological polar surface area (TPSA) is 52.6 Å². The average Bonchev–Trinajstić information content (AvgIpc) is 2.64. The van der Waals surface area contributed by atoms with Crippen molar-refractivity contribution in [3.05, 3.63) is 35.4 Å². The van der Waals surface area contributed by atoms with E-state index in [-0.39, 0.29) is 11.1 Å². The molecule has 0 aliphatic heterocycles. The van der Waals surface area contributed by atoms with E-state index < -0.39 is 11.9 Å². The molecule has 0 atom stereocenters. The number of ether oxygens (including phenoxy) is 2. The molecular weight excluding hydrogens is 328 g/mol. The maximum atomic E-state index is 12.3. The Labute approximate surface area is 158 Å². The van der Waals surface area contributed by atoms with E-state index >= 15 is 0 Å². The van der Waals surface area contributed by atoms with Gasteiger partial charge in [-0.25, -0.2) is 9.59 Å². The smallest absolute Gasteiger partial charge is 0.339 e. The third kappa shape index (κ3) is 9.02. The van der Waals surface area contributed by atoms with Gasteiger partial charge in [-0.2, -0.15) is 0 Å². The molecule has 0 spiro atoms. The third-order valence-corrected chi connectivity index (χ3v) is 4.21. The highest BCUT2D eigenvalue weighted by Gasteiger charge is 2.18. The zero-order valence-electron chi connectivity index (χ0n) is 16.6. The normalized spacial score (nSPS) is 10.8. The monoisotopic (exact) mass is 362 g/mol. The molecule has 0 bridgehead atoms. The van der Waals surface area contributed by atoms with E-state index in [0.717, 1.165) is 25.2 Å². The first-order chi connectivity index (χ1) is 12.6. The van der Waals surface area contributed by atoms with Crippen molar-refractivity contribution in [3.63, 3.8) is 0 Å². The molecule has 146 valence electrons. The fraction of sp³-hybridized carbons (Fsp3) is 0.636. The molecule has 0 heterocycles. The van der Waals surface area contributed by atoms with Crippen LogP contribution >= 0.6 is 0 Å². The van der Waals surface area contributed by atoms with Gasteiger partial charge in [0.2, 0.25) is 0 Å². The first kappa shape index (κ1) is 22.2. The number of carbonyl (C=O) groups is 2. The highest BCUT2D eigenvalue weighted by Crippen LogP contribution is 2.14. The molecule has 0 aromatic heterocycles. The van der Waals surface area contributed by atoms with Gasteiger partial charge in [0, 0.05) is 0 Å². The van der Waals surface area contributed by atoms with E-state index in [1.807, 2.05) is 6.92 Å². The van der Waals surface area contributed by atoms with Crippen LogP contribution in [0.1, 0.15) is 92.9 Å². The number of benzene rings is 1. The third-order valence-electron chi connectivity index (χ3n) is 4.21. The molecule has 0 saturated heterocycles. The van der Waals surface area contributed by atoms with Crippen LogP contribution < -0.4 is 0 Å². The molecule has 0 aliphatic carbocycles. The van der Waals surface area contributed by atoms with Crippen LogP contribution in [0.25, 0.3) is 0 Å². The van der Waals surface area contributed by atoms with Crippen LogP contribution in [0.15, 0.2) is 24.3 Å². The summed E-state index contributed by atoms with van der Waals surface area (Å²) in [4.78, 5) is 24.3. The number of hydrogen-bond acceptors (Lipinski definition) is 4. The largest absolute Gasteiger partial charge is 0.462 e. The van der Waals surface area contributed by atoms with Gasteiger partial charge in [-0.05, 0) is 30.9 Å². The molecule has 1 aromatic carbocycles. The van der Waals surface area contributed by atoms with Gasteiger partial charge in [-0.1, -0.05) is 71.4 Å². The van der Waals surface area contributed by atoms with Crippen LogP contribution in [0.3, 0.4) is 0 Å². The highest BCUT2D eigenvalue weighted by molar-refractivity contribution is 6.03. The minimum absolute atomic E-state index is 0.274. The second-order valence-corrected chi connectivity index (χ2v) is 7.12. The number of rotatable bonds is 13. The summed E-state index contributed by atoms with van der Waals surface area (Å²) in [6.07, 6.45) is 8.98. The van der Waals surface area contributed by atoms with E-state index in [4.69, 9.17) is 9.47 Å². The molecule has 0 amide bonds. The molecule has 0 unspecified atom stereocenters. The van der Waals surface area contributed by atoms with Crippen LogP contribution in [0.2, 0.25) is 0 Å². The molecule has 0 N–H and O–H groups in total. The minimum atomic E-state index is -0.471. The Bertz CT molecular complexity index is 537. The Morgan fingerprint density at radius 3 is 1.85 bits per heavy atom. The second-order valence-electron chi connectivity index (χ2n) is 7.12. The molecule has 1 rings (SSSR count). The van der Waals surface area contributed by atoms with Gasteiger partial charge in [-0.15, -0.1) is 0 Å². The molecule has 4 heteroatoms. The summed E-state index contributed by atoms with van der Waals surface area (Å²) in [6.45, 7) is 7.19. The van der Waals surface area contributed by atoms with E-state index in [1.165, 1.54) is 32.1 Å². The van der Waals surface area contributed by atoms with Gasteiger partial charge in [0.25, 0.3) is 0 Å². The molecule has 1 aromatic rings. The minimum Gasteiger partial charge on any atom is -0.462 e. The number of carbonyl (C=O) groups excluding carboxylic acids is 2. The molecular formula is C22H34O4. The lowest BCUT2D eigenvalue weighted by molar-refractivity contribution is 0.0454. The Morgan fingerprint density at radius 2 is 1.31 bits per heavy atom. The number of unbranched alkanes of at least 4 members (excludes halogenated alkanes) is 5. The first-order valence-corrected chi connectivity index (χ1v) is 9.99. The van der Waals surface area contributed by atoms with Crippen molar-refractivity contribution < 1.29 is 19.1 Å². The first-order valence-electron chi connectivity index (χ1n) is 9.99. The summed E-state index contributed by atoms with van der Waals surface area (Å²) in [5, 5.41) is 0. The van der Waals surface area contributed by atoms with E-state index in [2.05, 4.69) is 13.8 Å². The van der Waals surface area contributed by atoms with Crippen molar-refractivity contribution >= 4 is 11.9 Å². The SMILES string of the molecule is CCCOC(=O)c1ccccc1C(=O)OCCCCCCCCC(C)C. The molecule has 4 nitrogen and oxygen atoms in total. The summed E-state index contributed by atoms with van der Waals surface area (Å²) in [7, 11) is 0. The summed E-state index contributed by atoms with van der Waals surface area (Å²) < 4.78 is 10.5. The lowest BCUT2D eigenvalue weighted by Gasteiger charge is -2.09. The lowest BCUT2D eigenvalue weighted by Crippen LogP contribution is -2.14. The predicted octanol–water partition coefficient (Wildman–Crippen LogP) is 5.80. The number of hydrogen-bond donors (Lipinski definition) is 0. The van der Waals surface area contributed by atoms with Crippen molar-refractivity contribution in [3.8, 4) is 0 Å². The number of esters is 2. The van der Waals surface area contributed by atoms with E-state index in [0.29, 0.717) is 13.2 Å². The zero-order valence-corrected chi connectivity index (χ0v) is 16.6. The van der Waals surface area contributed by atoms with Crippen molar-refractivity contribution in [2.24, 2.45) is 5.92 Å². The summed E-state index contributed by atoms with van der Waals surface area (Å²) >= 11 is 0. The van der Waals surface area contributed by atoms with Crippen LogP contribution in [-0.2, 0) is 9.47 Å². The van der Waals surface area contributed by atoms with E-state index in [1.54, 1.807) is 24.3 Å². The summed E-state index contributed by atoms with van der Waals surface area (Å²) in [5.41, 5.74) is 0.554. The molecule has 0 fully saturated rings. The molecule has 0 saturated carbocycles. The fourth-order valence-corrected chi connectivity index (χ4v) is 2.72. The van der Waals surface area contributed by atoms with Gasteiger partial charge in [-0.3, -0.25) is 0 Å². The Balaban J connectivity index is 2.28. The molecule has 26 heavy (non-hydrogen) atoms. The van der Waals surface area contributed by atoms with Crippen LogP contribution in [0, 0.1) is 5.92 Å². The Kier molecular flexibility index (Phi) is 11.4. The maximum Gasteiger partial charge on any atom is 0.339 e. The van der Waals surface area contributed by atoms with Gasteiger partial charge in [0.1, 0.15) is 0 Å². The van der Waals surface area contributed by atoms with Crippen molar-refractivity contribution in [1.82, 2.24) is 0 Å². The second kappa shape index (κ2) is 13.4. The Morgan fingerprint density at radius 1 is 0.808 bits per heavy atom. The van der Waals surface area contributed by atoms with E-state index in [9.17, 15) is 9.59 Å². The van der Waals surface area contributed by atoms with Gasteiger partial charge < -0.3 is 9.47 Å². The van der Waals surface area contributed by atoms with Crippen molar-refractivity contribution in [1.29, 1.82) is 0 Å². The quantitative estimate of drug-likeness (QED) is 0.329. The average molecular weight is 363 g/mol. The highest BCUT2D eigenvalue weighted by atomic mass is 16.5. The lowest BCUT2D eigenvalue weighted by atomic mass is 10.0. The van der Waals surface area contributed by atoms with Gasteiger partial charge >= 0.3 is 11.9 Å². The zero-order chi connectivity index (χ0) is 19.2. The van der Waals surface area contributed by atoms with Crippen LogP contribution in [0.4, 0.5) is 0 Å². The van der Waals surface area contributed by atoms with Crippen molar-refractivity contribution in [2.45, 2.75) is 72.1 Å². The summed E-state index contributed by atoms with van der Waals surface area (Å²) in [6, 6.07) is 6.66. The predicted molar refractivity (Wildman–Crippen MR) is 104 cm³/mol. The fourth-order valence-electron chi connectivity index (χ4n) is 2.72. The molecule has 0 aliphatic rings. The van der Waals surface area contributed by atoms with Gasteiger partial charge in [0.15, 0.2) is 0 Å². The molecule has 0 radical (unpaired) electrons. The summed E-state index contributed by atoms with van der Waals surface area (Å²) in [5.74, 6) is -0.136.